The van der Waals surface area contributed by atoms with Crippen molar-refractivity contribution in [2.45, 2.75) is 26.9 Å². The van der Waals surface area contributed by atoms with Crippen LogP contribution in [-0.4, -0.2) is 51.3 Å². The number of aromatic nitrogens is 3. The lowest BCUT2D eigenvalue weighted by Gasteiger charge is -2.36. The van der Waals surface area contributed by atoms with Gasteiger partial charge in [0.15, 0.2) is 0 Å². The highest BCUT2D eigenvalue weighted by Crippen LogP contribution is 2.23. The molecule has 1 saturated heterocycles. The number of fused-ring (bicyclic) bond motifs is 1. The van der Waals surface area contributed by atoms with Crippen molar-refractivity contribution in [2.75, 3.05) is 31.1 Å². The number of halogens is 1. The third-order valence-corrected chi connectivity index (χ3v) is 7.15. The number of benzene rings is 2. The third-order valence-electron chi connectivity index (χ3n) is 6.90. The summed E-state index contributed by atoms with van der Waals surface area (Å²) in [7, 11) is 0. The number of amides is 1. The van der Waals surface area contributed by atoms with Crippen LogP contribution in [0.3, 0.4) is 0 Å². The number of nitrogens with zero attached hydrogens (tertiary/aromatic N) is 5. The van der Waals surface area contributed by atoms with Crippen LogP contribution < -0.4 is 10.5 Å². The molecule has 2 aromatic carbocycles. The first-order chi connectivity index (χ1) is 16.9. The Labute approximate surface area is 209 Å². The summed E-state index contributed by atoms with van der Waals surface area (Å²) < 4.78 is 3.45. The van der Waals surface area contributed by atoms with E-state index in [4.69, 9.17) is 11.6 Å². The molecule has 3 heterocycles. The number of carbonyl (C=O) groups is 1. The Kier molecular flexibility index (Phi) is 6.34. The molecule has 0 unspecified atom stereocenters. The summed E-state index contributed by atoms with van der Waals surface area (Å²) in [5.74, 6) is -0.0900. The van der Waals surface area contributed by atoms with Crippen molar-refractivity contribution in [3.63, 3.8) is 0 Å². The molecule has 7 nitrogen and oxygen atoms in total. The average molecular weight is 490 g/mol. The van der Waals surface area contributed by atoms with Gasteiger partial charge in [-0.1, -0.05) is 41.9 Å². The van der Waals surface area contributed by atoms with E-state index < -0.39 is 0 Å². The van der Waals surface area contributed by atoms with Crippen LogP contribution in [0.1, 0.15) is 17.0 Å². The second-order valence-electron chi connectivity index (χ2n) is 8.98. The first-order valence-electron chi connectivity index (χ1n) is 11.8. The van der Waals surface area contributed by atoms with Gasteiger partial charge in [0.1, 0.15) is 6.54 Å². The summed E-state index contributed by atoms with van der Waals surface area (Å²) in [6, 6.07) is 17.9. The van der Waals surface area contributed by atoms with E-state index in [9.17, 15) is 9.59 Å². The van der Waals surface area contributed by atoms with Crippen molar-refractivity contribution in [2.24, 2.45) is 0 Å². The SMILES string of the molecule is Cc1c2cnn(CC(=O)N3CCN(c4ccc(Cl)cc4)CC3)c(=O)c2c(C)n1Cc1ccccc1. The molecular formula is C27H28ClN5O2. The third kappa shape index (κ3) is 4.56. The first kappa shape index (κ1) is 23.2. The Hall–Kier alpha value is -3.58. The van der Waals surface area contributed by atoms with Crippen LogP contribution in [0.15, 0.2) is 65.6 Å². The highest BCUT2D eigenvalue weighted by molar-refractivity contribution is 6.30. The fourth-order valence-corrected chi connectivity index (χ4v) is 4.98. The van der Waals surface area contributed by atoms with Gasteiger partial charge < -0.3 is 14.4 Å². The first-order valence-corrected chi connectivity index (χ1v) is 12.2. The van der Waals surface area contributed by atoms with E-state index >= 15 is 0 Å². The summed E-state index contributed by atoms with van der Waals surface area (Å²) in [5.41, 5.74) is 3.94. The molecule has 0 aliphatic carbocycles. The lowest BCUT2D eigenvalue weighted by atomic mass is 10.2. The molecule has 1 aliphatic heterocycles. The number of piperazine rings is 1. The Morgan fingerprint density at radius 3 is 2.31 bits per heavy atom. The predicted molar refractivity (Wildman–Crippen MR) is 139 cm³/mol. The van der Waals surface area contributed by atoms with Crippen molar-refractivity contribution >= 4 is 34.0 Å². The smallest absolute Gasteiger partial charge is 0.276 e. The monoisotopic (exact) mass is 489 g/mol. The number of hydrogen-bond donors (Lipinski definition) is 0. The summed E-state index contributed by atoms with van der Waals surface area (Å²) in [4.78, 5) is 30.4. The second-order valence-corrected chi connectivity index (χ2v) is 9.42. The van der Waals surface area contributed by atoms with Gasteiger partial charge >= 0.3 is 0 Å². The highest BCUT2D eigenvalue weighted by atomic mass is 35.5. The van der Waals surface area contributed by atoms with E-state index in [0.717, 1.165) is 35.6 Å². The summed E-state index contributed by atoms with van der Waals surface area (Å²) >= 11 is 5.99. The molecule has 0 bridgehead atoms. The lowest BCUT2D eigenvalue weighted by molar-refractivity contribution is -0.132. The molecular weight excluding hydrogens is 462 g/mol. The Balaban J connectivity index is 1.32. The molecule has 0 spiro atoms. The summed E-state index contributed by atoms with van der Waals surface area (Å²) in [6.45, 7) is 7.26. The number of anilines is 1. The van der Waals surface area contributed by atoms with E-state index in [2.05, 4.69) is 26.7 Å². The molecule has 5 rings (SSSR count). The van der Waals surface area contributed by atoms with Crippen LogP contribution in [0.5, 0.6) is 0 Å². The van der Waals surface area contributed by atoms with Crippen molar-refractivity contribution in [1.29, 1.82) is 0 Å². The van der Waals surface area contributed by atoms with Crippen LogP contribution in [-0.2, 0) is 17.9 Å². The fourth-order valence-electron chi connectivity index (χ4n) is 4.85. The molecule has 180 valence electrons. The van der Waals surface area contributed by atoms with Crippen molar-refractivity contribution < 1.29 is 4.79 Å². The number of rotatable bonds is 5. The minimum Gasteiger partial charge on any atom is -0.368 e. The van der Waals surface area contributed by atoms with Gasteiger partial charge in [-0.2, -0.15) is 5.10 Å². The highest BCUT2D eigenvalue weighted by Gasteiger charge is 2.23. The zero-order valence-corrected chi connectivity index (χ0v) is 20.7. The Bertz CT molecular complexity index is 1420. The van der Waals surface area contributed by atoms with Crippen LogP contribution in [0, 0.1) is 13.8 Å². The Morgan fingerprint density at radius 1 is 0.943 bits per heavy atom. The molecule has 1 amide bonds. The quantitative estimate of drug-likeness (QED) is 0.427. The topological polar surface area (TPSA) is 63.4 Å². The van der Waals surface area contributed by atoms with Gasteiger partial charge in [0.25, 0.3) is 5.56 Å². The molecule has 1 fully saturated rings. The minimum atomic E-state index is -0.219. The van der Waals surface area contributed by atoms with E-state index in [1.807, 2.05) is 61.2 Å². The van der Waals surface area contributed by atoms with Gasteiger partial charge in [-0.3, -0.25) is 9.59 Å². The fraction of sp³-hybridized carbons (Fsp3) is 0.296. The van der Waals surface area contributed by atoms with Gasteiger partial charge in [-0.15, -0.1) is 0 Å². The molecule has 0 N–H and O–H groups in total. The molecule has 35 heavy (non-hydrogen) atoms. The molecule has 4 aromatic rings. The van der Waals surface area contributed by atoms with Crippen LogP contribution >= 0.6 is 11.6 Å². The van der Waals surface area contributed by atoms with E-state index in [0.29, 0.717) is 30.0 Å². The van der Waals surface area contributed by atoms with E-state index in [1.165, 1.54) is 10.2 Å². The number of carbonyl (C=O) groups excluding carboxylic acids is 1. The van der Waals surface area contributed by atoms with Gasteiger partial charge in [0.2, 0.25) is 5.91 Å². The molecule has 1 aliphatic rings. The zero-order valence-electron chi connectivity index (χ0n) is 19.9. The van der Waals surface area contributed by atoms with E-state index in [-0.39, 0.29) is 18.0 Å². The van der Waals surface area contributed by atoms with Crippen LogP contribution in [0.4, 0.5) is 5.69 Å². The second kappa shape index (κ2) is 9.58. The summed E-state index contributed by atoms with van der Waals surface area (Å²) in [5, 5.41) is 6.53. The molecule has 0 atom stereocenters. The lowest BCUT2D eigenvalue weighted by Crippen LogP contribution is -2.50. The molecule has 0 radical (unpaired) electrons. The van der Waals surface area contributed by atoms with Crippen LogP contribution in [0.25, 0.3) is 10.8 Å². The van der Waals surface area contributed by atoms with Crippen LogP contribution in [0.2, 0.25) is 5.02 Å². The minimum absolute atomic E-state index is 0.0575. The van der Waals surface area contributed by atoms with E-state index in [1.54, 1.807) is 6.20 Å². The van der Waals surface area contributed by atoms with Gasteiger partial charge in [-0.05, 0) is 43.7 Å². The molecule has 2 aromatic heterocycles. The van der Waals surface area contributed by atoms with Gasteiger partial charge in [-0.25, -0.2) is 4.68 Å². The largest absolute Gasteiger partial charge is 0.368 e. The Morgan fingerprint density at radius 2 is 1.63 bits per heavy atom. The number of aryl methyl sites for hydroxylation is 2. The van der Waals surface area contributed by atoms with Crippen molar-refractivity contribution in [3.05, 3.63) is 93.1 Å². The molecule has 8 heteroatoms. The number of hydrogen-bond acceptors (Lipinski definition) is 4. The van der Waals surface area contributed by atoms with Gasteiger partial charge in [0, 0.05) is 60.2 Å². The van der Waals surface area contributed by atoms with Gasteiger partial charge in [0.05, 0.1) is 11.6 Å². The molecule has 0 saturated carbocycles. The zero-order chi connectivity index (χ0) is 24.5. The maximum Gasteiger partial charge on any atom is 0.276 e. The average Bonchev–Trinajstić information content (AvgIpc) is 3.12. The predicted octanol–water partition coefficient (Wildman–Crippen LogP) is 3.87. The summed E-state index contributed by atoms with van der Waals surface area (Å²) in [6.07, 6.45) is 1.71. The van der Waals surface area contributed by atoms with Crippen molar-refractivity contribution in [3.8, 4) is 0 Å². The standard InChI is InChI=1S/C27H28ClN5O2/c1-19-24-16-29-33(27(35)26(24)20(2)32(19)17-21-6-4-3-5-7-21)18-25(34)31-14-12-30(13-15-31)23-10-8-22(28)9-11-23/h3-11,16H,12-15,17-18H2,1-2H3. The normalized spacial score (nSPS) is 14.0. The maximum absolute atomic E-state index is 13.3. The maximum atomic E-state index is 13.3. The van der Waals surface area contributed by atoms with Crippen molar-refractivity contribution in [1.82, 2.24) is 19.2 Å².